The van der Waals surface area contributed by atoms with E-state index in [9.17, 15) is 18.0 Å². The van der Waals surface area contributed by atoms with Crippen LogP contribution in [0.3, 0.4) is 0 Å². The summed E-state index contributed by atoms with van der Waals surface area (Å²) in [4.78, 5) is 12.2. The monoisotopic (exact) mass is 368 g/mol. The SMILES string of the molecule is Cc1c(CNC(=O)N[C@H](c2ccc(C(F)(F)F)cc2)C(C)C)cnn1C. The van der Waals surface area contributed by atoms with Crippen molar-refractivity contribution in [1.29, 1.82) is 0 Å². The maximum absolute atomic E-state index is 12.7. The molecule has 2 amide bonds. The van der Waals surface area contributed by atoms with E-state index in [2.05, 4.69) is 15.7 Å². The van der Waals surface area contributed by atoms with Crippen molar-refractivity contribution in [3.05, 3.63) is 52.8 Å². The largest absolute Gasteiger partial charge is 0.416 e. The predicted molar refractivity (Wildman–Crippen MR) is 92.3 cm³/mol. The number of rotatable bonds is 5. The number of amides is 2. The number of hydrogen-bond acceptors (Lipinski definition) is 2. The number of hydrogen-bond donors (Lipinski definition) is 2. The maximum Gasteiger partial charge on any atom is 0.416 e. The molecule has 0 spiro atoms. The second-order valence-corrected chi connectivity index (χ2v) is 6.55. The smallest absolute Gasteiger partial charge is 0.334 e. The van der Waals surface area contributed by atoms with Crippen LogP contribution in [0.15, 0.2) is 30.5 Å². The maximum atomic E-state index is 12.7. The lowest BCUT2D eigenvalue weighted by molar-refractivity contribution is -0.137. The van der Waals surface area contributed by atoms with Gasteiger partial charge in [0.15, 0.2) is 0 Å². The number of benzene rings is 1. The molecule has 1 aromatic heterocycles. The minimum atomic E-state index is -4.38. The number of halogens is 3. The zero-order valence-electron chi connectivity index (χ0n) is 15.2. The first-order valence-corrected chi connectivity index (χ1v) is 8.28. The van der Waals surface area contributed by atoms with E-state index in [0.717, 1.165) is 23.4 Å². The van der Waals surface area contributed by atoms with E-state index in [0.29, 0.717) is 12.1 Å². The highest BCUT2D eigenvalue weighted by Gasteiger charge is 2.30. The summed E-state index contributed by atoms with van der Waals surface area (Å²) in [5, 5.41) is 9.70. The molecule has 2 N–H and O–H groups in total. The van der Waals surface area contributed by atoms with Crippen molar-refractivity contribution in [2.24, 2.45) is 13.0 Å². The van der Waals surface area contributed by atoms with Crippen LogP contribution in [0, 0.1) is 12.8 Å². The zero-order chi connectivity index (χ0) is 19.5. The van der Waals surface area contributed by atoms with Gasteiger partial charge in [0.25, 0.3) is 0 Å². The molecule has 0 bridgehead atoms. The van der Waals surface area contributed by atoms with E-state index in [1.807, 2.05) is 27.8 Å². The van der Waals surface area contributed by atoms with Crippen LogP contribution in [0.2, 0.25) is 0 Å². The van der Waals surface area contributed by atoms with Gasteiger partial charge in [-0.15, -0.1) is 0 Å². The van der Waals surface area contributed by atoms with E-state index < -0.39 is 17.8 Å². The van der Waals surface area contributed by atoms with Crippen LogP contribution >= 0.6 is 0 Å². The highest BCUT2D eigenvalue weighted by atomic mass is 19.4. The summed E-state index contributed by atoms with van der Waals surface area (Å²) in [5.41, 5.74) is 1.77. The first kappa shape index (κ1) is 19.8. The molecule has 0 fully saturated rings. The summed E-state index contributed by atoms with van der Waals surface area (Å²) in [6.45, 7) is 6.02. The van der Waals surface area contributed by atoms with Crippen molar-refractivity contribution in [2.45, 2.75) is 39.5 Å². The number of aromatic nitrogens is 2. The van der Waals surface area contributed by atoms with Gasteiger partial charge in [0.05, 0.1) is 17.8 Å². The van der Waals surface area contributed by atoms with E-state index in [4.69, 9.17) is 0 Å². The van der Waals surface area contributed by atoms with Crippen molar-refractivity contribution < 1.29 is 18.0 Å². The van der Waals surface area contributed by atoms with E-state index in [1.165, 1.54) is 12.1 Å². The van der Waals surface area contributed by atoms with E-state index in [-0.39, 0.29) is 11.9 Å². The number of alkyl halides is 3. The van der Waals surface area contributed by atoms with Gasteiger partial charge < -0.3 is 10.6 Å². The summed E-state index contributed by atoms with van der Waals surface area (Å²) in [5.74, 6) is 0.0117. The van der Waals surface area contributed by atoms with Crippen LogP contribution in [0.5, 0.6) is 0 Å². The van der Waals surface area contributed by atoms with Gasteiger partial charge in [0, 0.05) is 24.8 Å². The predicted octanol–water partition coefficient (Wildman–Crippen LogP) is 3.94. The molecule has 0 unspecified atom stereocenters. The highest BCUT2D eigenvalue weighted by molar-refractivity contribution is 5.74. The number of nitrogens with one attached hydrogen (secondary N) is 2. The lowest BCUT2D eigenvalue weighted by Crippen LogP contribution is -2.39. The van der Waals surface area contributed by atoms with Crippen LogP contribution in [-0.4, -0.2) is 15.8 Å². The van der Waals surface area contributed by atoms with Crippen molar-refractivity contribution in [1.82, 2.24) is 20.4 Å². The van der Waals surface area contributed by atoms with Gasteiger partial charge in [-0.3, -0.25) is 4.68 Å². The first-order valence-electron chi connectivity index (χ1n) is 8.28. The number of urea groups is 1. The summed E-state index contributed by atoms with van der Waals surface area (Å²) >= 11 is 0. The molecule has 0 aliphatic carbocycles. The fourth-order valence-electron chi connectivity index (χ4n) is 2.60. The molecule has 8 heteroatoms. The first-order chi connectivity index (χ1) is 12.1. The Hall–Kier alpha value is -2.51. The Bertz CT molecular complexity index is 751. The minimum absolute atomic E-state index is 0.0117. The third-order valence-corrected chi connectivity index (χ3v) is 4.33. The molecule has 0 aliphatic rings. The molecule has 0 saturated carbocycles. The molecule has 1 aromatic carbocycles. The fraction of sp³-hybridized carbons (Fsp3) is 0.444. The molecule has 142 valence electrons. The molecule has 0 saturated heterocycles. The molecule has 5 nitrogen and oxygen atoms in total. The van der Waals surface area contributed by atoms with Crippen LogP contribution < -0.4 is 10.6 Å². The number of carbonyl (C=O) groups is 1. The lowest BCUT2D eigenvalue weighted by Gasteiger charge is -2.23. The Kier molecular flexibility index (Phi) is 5.94. The van der Waals surface area contributed by atoms with Crippen LogP contribution in [-0.2, 0) is 19.8 Å². The average Bonchev–Trinajstić information content (AvgIpc) is 2.89. The number of nitrogens with zero attached hydrogens (tertiary/aromatic N) is 2. The summed E-state index contributed by atoms with van der Waals surface area (Å²) < 4.78 is 39.8. The highest BCUT2D eigenvalue weighted by Crippen LogP contribution is 2.31. The minimum Gasteiger partial charge on any atom is -0.334 e. The van der Waals surface area contributed by atoms with E-state index in [1.54, 1.807) is 10.9 Å². The van der Waals surface area contributed by atoms with Crippen LogP contribution in [0.25, 0.3) is 0 Å². The van der Waals surface area contributed by atoms with Crippen LogP contribution in [0.1, 0.15) is 42.3 Å². The molecule has 26 heavy (non-hydrogen) atoms. The standard InChI is InChI=1S/C18H23F3N4O/c1-11(2)16(13-5-7-15(8-6-13)18(19,20)21)24-17(26)22-9-14-10-23-25(4)12(14)3/h5-8,10-11,16H,9H2,1-4H3,(H2,22,24,26)/t16-/m0/s1. The summed E-state index contributed by atoms with van der Waals surface area (Å²) in [6.07, 6.45) is -2.69. The van der Waals surface area contributed by atoms with Gasteiger partial charge >= 0.3 is 12.2 Å². The molecule has 2 rings (SSSR count). The third kappa shape index (κ3) is 4.77. The Balaban J connectivity index is 2.03. The molecule has 0 aliphatic heterocycles. The third-order valence-electron chi connectivity index (χ3n) is 4.33. The van der Waals surface area contributed by atoms with Crippen molar-refractivity contribution in [3.8, 4) is 0 Å². The zero-order valence-corrected chi connectivity index (χ0v) is 15.2. The van der Waals surface area contributed by atoms with Gasteiger partial charge in [0.1, 0.15) is 0 Å². The normalized spacial score (nSPS) is 12.9. The van der Waals surface area contributed by atoms with Gasteiger partial charge in [-0.1, -0.05) is 26.0 Å². The van der Waals surface area contributed by atoms with Gasteiger partial charge in [-0.25, -0.2) is 4.79 Å². The molecule has 0 radical (unpaired) electrons. The Morgan fingerprint density at radius 3 is 2.31 bits per heavy atom. The van der Waals surface area contributed by atoms with Gasteiger partial charge in [-0.2, -0.15) is 18.3 Å². The molecule has 1 atom stereocenters. The Morgan fingerprint density at radius 2 is 1.85 bits per heavy atom. The van der Waals surface area contributed by atoms with Crippen molar-refractivity contribution >= 4 is 6.03 Å². The summed E-state index contributed by atoms with van der Waals surface area (Å²) in [6, 6.07) is 4.09. The molecular weight excluding hydrogens is 345 g/mol. The van der Waals surface area contributed by atoms with Crippen LogP contribution in [0.4, 0.5) is 18.0 Å². The average molecular weight is 368 g/mol. The van der Waals surface area contributed by atoms with Crippen molar-refractivity contribution in [2.75, 3.05) is 0 Å². The van der Waals surface area contributed by atoms with Gasteiger partial charge in [-0.05, 0) is 30.5 Å². The quantitative estimate of drug-likeness (QED) is 0.840. The lowest BCUT2D eigenvalue weighted by atomic mass is 9.95. The number of aryl methyl sites for hydroxylation is 1. The molecular formula is C18H23F3N4O. The summed E-state index contributed by atoms with van der Waals surface area (Å²) in [7, 11) is 1.82. The molecule has 2 aromatic rings. The number of carbonyl (C=O) groups excluding carboxylic acids is 1. The topological polar surface area (TPSA) is 59.0 Å². The second kappa shape index (κ2) is 7.80. The van der Waals surface area contributed by atoms with Crippen molar-refractivity contribution in [3.63, 3.8) is 0 Å². The Labute approximate surface area is 150 Å². The second-order valence-electron chi connectivity index (χ2n) is 6.55. The van der Waals surface area contributed by atoms with E-state index >= 15 is 0 Å². The Morgan fingerprint density at radius 1 is 1.23 bits per heavy atom. The molecule has 1 heterocycles. The van der Waals surface area contributed by atoms with Gasteiger partial charge in [0.2, 0.25) is 0 Å². The fourth-order valence-corrected chi connectivity index (χ4v) is 2.60.